The number of aliphatic imine (C=N–C) groups is 2. The van der Waals surface area contributed by atoms with E-state index in [1.807, 2.05) is 111 Å². The number of rotatable bonds is 8. The molecule has 3 N–H and O–H groups in total. The number of carbonyl (C=O) groups excluding carboxylic acids is 2. The van der Waals surface area contributed by atoms with Gasteiger partial charge in [-0.25, -0.2) is 29.9 Å². The summed E-state index contributed by atoms with van der Waals surface area (Å²) in [7, 11) is 0. The molecule has 0 atom stereocenters. The zero-order chi connectivity index (χ0) is 37.7. The Morgan fingerprint density at radius 2 is 1.05 bits per heavy atom. The monoisotopic (exact) mass is 719 g/mol. The van der Waals surface area contributed by atoms with Crippen LogP contribution in [0.5, 0.6) is 0 Å². The molecule has 0 radical (unpaired) electrons. The predicted octanol–water partition coefficient (Wildman–Crippen LogP) is 8.28. The van der Waals surface area contributed by atoms with Crippen molar-refractivity contribution in [2.24, 2.45) is 9.98 Å². The first-order chi connectivity index (χ1) is 27.0. The van der Waals surface area contributed by atoms with E-state index in [0.717, 1.165) is 22.3 Å². The van der Waals surface area contributed by atoms with Crippen LogP contribution in [0, 0.1) is 13.8 Å². The summed E-state index contributed by atoms with van der Waals surface area (Å²) in [4.78, 5) is 59.7. The summed E-state index contributed by atoms with van der Waals surface area (Å²) in [5, 5.41) is 6.13. The number of carbonyl (C=O) groups is 2. The Hall–Kier alpha value is -7.66. The summed E-state index contributed by atoms with van der Waals surface area (Å²) in [6.45, 7) is 3.77. The second kappa shape index (κ2) is 15.1. The van der Waals surface area contributed by atoms with Crippen LogP contribution in [0.15, 0.2) is 156 Å². The second-order valence-corrected chi connectivity index (χ2v) is 12.7. The first kappa shape index (κ1) is 34.4. The molecule has 1 aliphatic rings. The quantitative estimate of drug-likeness (QED) is 0.144. The minimum Gasteiger partial charge on any atom is -0.325 e. The highest BCUT2D eigenvalue weighted by Crippen LogP contribution is 2.45. The number of amides is 2. The van der Waals surface area contributed by atoms with Crippen LogP contribution in [0.4, 0.5) is 11.6 Å². The van der Waals surface area contributed by atoms with Gasteiger partial charge in [0, 0.05) is 47.1 Å². The Labute approximate surface area is 316 Å². The Morgan fingerprint density at radius 1 is 0.545 bits per heavy atom. The summed E-state index contributed by atoms with van der Waals surface area (Å²) < 4.78 is 0. The fourth-order valence-corrected chi connectivity index (χ4v) is 6.46. The highest BCUT2D eigenvalue weighted by Gasteiger charge is 2.32. The van der Waals surface area contributed by atoms with Crippen LogP contribution in [0.1, 0.15) is 43.2 Å². The van der Waals surface area contributed by atoms with Gasteiger partial charge in [0.25, 0.3) is 11.8 Å². The molecule has 0 unspecified atom stereocenters. The molecular formula is C44H33N9O2. The fraction of sp³-hybridized carbons (Fsp3) is 0.0455. The van der Waals surface area contributed by atoms with Crippen molar-refractivity contribution in [3.8, 4) is 22.5 Å². The molecule has 3 aromatic heterocycles. The third-order valence-corrected chi connectivity index (χ3v) is 9.08. The molecule has 2 amide bonds. The Balaban J connectivity index is 1.38. The lowest BCUT2D eigenvalue weighted by Gasteiger charge is -2.11. The first-order valence-corrected chi connectivity index (χ1v) is 17.5. The summed E-state index contributed by atoms with van der Waals surface area (Å²) in [6.07, 6.45) is 6.58. The van der Waals surface area contributed by atoms with E-state index in [1.54, 1.807) is 49.1 Å². The number of nitrogens with zero attached hydrogens (tertiary/aromatic N) is 6. The fourth-order valence-electron chi connectivity index (χ4n) is 6.46. The lowest BCUT2D eigenvalue weighted by atomic mass is 9.99. The van der Waals surface area contributed by atoms with Gasteiger partial charge in [0.1, 0.15) is 17.5 Å². The average Bonchev–Trinajstić information content (AvgIpc) is 3.76. The summed E-state index contributed by atoms with van der Waals surface area (Å²) in [6, 6.07) is 37.5. The SMILES string of the molecule is Cc1ccccc1C(=O)NC1=NC(=Nc2[nH]c(NC(=O)c3ccccc3C)c(-c3ncccn3)c2-c2ccccc2)C(c2ccccc2)=C1c1ncccn1. The zero-order valence-corrected chi connectivity index (χ0v) is 29.9. The van der Waals surface area contributed by atoms with Gasteiger partial charge >= 0.3 is 0 Å². The summed E-state index contributed by atoms with van der Waals surface area (Å²) in [5.41, 5.74) is 6.50. The molecule has 0 fully saturated rings. The Bertz CT molecular complexity index is 2630. The molecule has 7 aromatic rings. The van der Waals surface area contributed by atoms with E-state index >= 15 is 0 Å². The van der Waals surface area contributed by atoms with E-state index < -0.39 is 0 Å². The average molecular weight is 720 g/mol. The van der Waals surface area contributed by atoms with Gasteiger partial charge in [0.15, 0.2) is 17.5 Å². The molecule has 8 rings (SSSR count). The van der Waals surface area contributed by atoms with Crippen LogP contribution >= 0.6 is 0 Å². The smallest absolute Gasteiger partial charge is 0.257 e. The van der Waals surface area contributed by atoms with E-state index in [4.69, 9.17) is 9.98 Å². The number of anilines is 1. The summed E-state index contributed by atoms with van der Waals surface area (Å²) in [5.74, 6) is 1.33. The molecule has 266 valence electrons. The maximum atomic E-state index is 13.9. The molecule has 4 heterocycles. The molecule has 0 saturated carbocycles. The standard InChI is InChI=1S/C44H33N9O2/c1-27-15-9-11-21-31(27)43(54)52-41-35(37-45-23-13-24-46-37)33(29-17-5-3-6-18-29)39(50-41)49-40-34(30-19-7-4-8-20-30)36(38-47-25-14-26-48-38)42(51-40)53-44(55)32-22-12-10-16-28(32)2/h3-26,50H,1-2H3,(H,52,54)(H,49,51,53,55). The van der Waals surface area contributed by atoms with Gasteiger partial charge in [-0.1, -0.05) is 97.1 Å². The topological polar surface area (TPSA) is 150 Å². The van der Waals surface area contributed by atoms with Crippen molar-refractivity contribution in [1.82, 2.24) is 30.2 Å². The van der Waals surface area contributed by atoms with Gasteiger partial charge in [0.2, 0.25) is 0 Å². The molecule has 0 saturated heterocycles. The normalized spacial score (nSPS) is 13.1. The minimum atomic E-state index is -0.339. The van der Waals surface area contributed by atoms with Crippen molar-refractivity contribution in [3.05, 3.63) is 180 Å². The van der Waals surface area contributed by atoms with Crippen LogP contribution in [0.3, 0.4) is 0 Å². The van der Waals surface area contributed by atoms with Gasteiger partial charge in [0.05, 0.1) is 11.1 Å². The van der Waals surface area contributed by atoms with Gasteiger partial charge in [-0.3, -0.25) is 9.59 Å². The van der Waals surface area contributed by atoms with Crippen LogP contribution in [-0.2, 0) is 0 Å². The van der Waals surface area contributed by atoms with Crippen molar-refractivity contribution in [2.75, 3.05) is 5.32 Å². The van der Waals surface area contributed by atoms with Gasteiger partial charge in [-0.05, 0) is 60.4 Å². The van der Waals surface area contributed by atoms with Gasteiger partial charge in [-0.2, -0.15) is 0 Å². The molecule has 0 spiro atoms. The van der Waals surface area contributed by atoms with Crippen molar-refractivity contribution >= 4 is 46.3 Å². The van der Waals surface area contributed by atoms with Crippen molar-refractivity contribution in [3.63, 3.8) is 0 Å². The molecular weight excluding hydrogens is 687 g/mol. The third kappa shape index (κ3) is 6.97. The van der Waals surface area contributed by atoms with Crippen LogP contribution in [0.25, 0.3) is 33.7 Å². The number of hydrogen-bond acceptors (Lipinski definition) is 7. The van der Waals surface area contributed by atoms with Gasteiger partial charge in [-0.15, -0.1) is 0 Å². The maximum absolute atomic E-state index is 13.9. The molecule has 4 aromatic carbocycles. The number of hydrogen-bond donors (Lipinski definition) is 3. The van der Waals surface area contributed by atoms with Crippen LogP contribution in [0.2, 0.25) is 0 Å². The molecule has 55 heavy (non-hydrogen) atoms. The Kier molecular flexibility index (Phi) is 9.47. The lowest BCUT2D eigenvalue weighted by Crippen LogP contribution is -2.31. The van der Waals surface area contributed by atoms with Crippen molar-refractivity contribution < 1.29 is 9.59 Å². The van der Waals surface area contributed by atoms with Crippen molar-refractivity contribution in [2.45, 2.75) is 13.8 Å². The minimum absolute atomic E-state index is 0.240. The van der Waals surface area contributed by atoms with E-state index in [2.05, 4.69) is 35.6 Å². The number of aryl methyl sites for hydroxylation is 2. The predicted molar refractivity (Wildman–Crippen MR) is 215 cm³/mol. The van der Waals surface area contributed by atoms with Crippen molar-refractivity contribution in [1.29, 1.82) is 0 Å². The Morgan fingerprint density at radius 3 is 1.64 bits per heavy atom. The zero-order valence-electron chi connectivity index (χ0n) is 29.9. The molecule has 11 heteroatoms. The van der Waals surface area contributed by atoms with Gasteiger partial charge < -0.3 is 15.6 Å². The van der Waals surface area contributed by atoms with Crippen LogP contribution < -0.4 is 10.6 Å². The molecule has 11 nitrogen and oxygen atoms in total. The maximum Gasteiger partial charge on any atom is 0.257 e. The number of nitrogens with one attached hydrogen (secondary N) is 3. The molecule has 0 bridgehead atoms. The highest BCUT2D eigenvalue weighted by atomic mass is 16.2. The number of amidine groups is 2. The lowest BCUT2D eigenvalue weighted by molar-refractivity contribution is 0.0975. The first-order valence-electron chi connectivity index (χ1n) is 17.5. The number of aromatic amines is 1. The second-order valence-electron chi connectivity index (χ2n) is 12.7. The van der Waals surface area contributed by atoms with E-state index in [-0.39, 0.29) is 23.5 Å². The van der Waals surface area contributed by atoms with E-state index in [0.29, 0.717) is 56.7 Å². The van der Waals surface area contributed by atoms with Crippen LogP contribution in [-0.4, -0.2) is 48.4 Å². The number of aromatic nitrogens is 5. The van der Waals surface area contributed by atoms with E-state index in [1.165, 1.54) is 0 Å². The largest absolute Gasteiger partial charge is 0.325 e. The summed E-state index contributed by atoms with van der Waals surface area (Å²) >= 11 is 0. The molecule has 0 aliphatic carbocycles. The number of H-pyrrole nitrogens is 1. The third-order valence-electron chi connectivity index (χ3n) is 9.08. The molecule has 1 aliphatic heterocycles. The number of benzene rings is 4. The van der Waals surface area contributed by atoms with E-state index in [9.17, 15) is 9.59 Å². The highest BCUT2D eigenvalue weighted by molar-refractivity contribution is 6.50.